The molecule has 1 aliphatic heterocycles. The molecule has 0 amide bonds. The van der Waals surface area contributed by atoms with Crippen LogP contribution in [0, 0.1) is 0 Å². The van der Waals surface area contributed by atoms with Crippen LogP contribution in [0.25, 0.3) is 0 Å². The SMILES string of the molecule is O=c1cc2c(nn1CC1CCCN1Cc1nc3c(s1)CCCC3)CCCC2. The summed E-state index contributed by atoms with van der Waals surface area (Å²) in [6.45, 7) is 2.76. The Bertz CT molecular complexity index is 863. The van der Waals surface area contributed by atoms with Gasteiger partial charge in [-0.3, -0.25) is 9.69 Å². The van der Waals surface area contributed by atoms with Crippen molar-refractivity contribution < 1.29 is 0 Å². The minimum absolute atomic E-state index is 0.0761. The third-order valence-corrected chi connectivity index (χ3v) is 7.53. The van der Waals surface area contributed by atoms with E-state index in [-0.39, 0.29) is 5.56 Å². The average Bonchev–Trinajstić information content (AvgIpc) is 3.29. The van der Waals surface area contributed by atoms with Gasteiger partial charge in [-0.1, -0.05) is 0 Å². The number of nitrogens with zero attached hydrogens (tertiary/aromatic N) is 4. The minimum Gasteiger partial charge on any atom is -0.292 e. The zero-order valence-corrected chi connectivity index (χ0v) is 16.8. The smallest absolute Gasteiger partial charge is 0.267 e. The van der Waals surface area contributed by atoms with E-state index in [9.17, 15) is 4.79 Å². The van der Waals surface area contributed by atoms with Crippen molar-refractivity contribution in [3.8, 4) is 0 Å². The molecule has 0 spiro atoms. The molecule has 3 aliphatic rings. The lowest BCUT2D eigenvalue weighted by molar-refractivity contribution is 0.215. The van der Waals surface area contributed by atoms with E-state index in [1.807, 2.05) is 17.4 Å². The Balaban J connectivity index is 1.31. The number of hydrogen-bond acceptors (Lipinski definition) is 5. The Morgan fingerprint density at radius 2 is 1.85 bits per heavy atom. The van der Waals surface area contributed by atoms with Crippen molar-refractivity contribution in [2.45, 2.75) is 83.3 Å². The van der Waals surface area contributed by atoms with Gasteiger partial charge < -0.3 is 0 Å². The maximum atomic E-state index is 12.5. The molecule has 1 atom stereocenters. The lowest BCUT2D eigenvalue weighted by atomic mass is 9.97. The number of likely N-dealkylation sites (tertiary alicyclic amines) is 1. The van der Waals surface area contributed by atoms with Crippen molar-refractivity contribution in [2.75, 3.05) is 6.54 Å². The number of rotatable bonds is 4. The van der Waals surface area contributed by atoms with Crippen molar-refractivity contribution in [1.82, 2.24) is 19.7 Å². The summed E-state index contributed by atoms with van der Waals surface area (Å²) < 4.78 is 1.74. The summed E-state index contributed by atoms with van der Waals surface area (Å²) in [4.78, 5) is 21.5. The van der Waals surface area contributed by atoms with E-state index in [1.54, 1.807) is 4.68 Å². The van der Waals surface area contributed by atoms with Crippen LogP contribution in [0.3, 0.4) is 0 Å². The molecule has 0 N–H and O–H groups in total. The van der Waals surface area contributed by atoms with Crippen LogP contribution in [0.4, 0.5) is 0 Å². The highest BCUT2D eigenvalue weighted by Crippen LogP contribution is 2.29. The number of fused-ring (bicyclic) bond motifs is 2. The molecular formula is C21H28N4OS. The van der Waals surface area contributed by atoms with Gasteiger partial charge in [-0.15, -0.1) is 11.3 Å². The highest BCUT2D eigenvalue weighted by atomic mass is 32.1. The van der Waals surface area contributed by atoms with E-state index in [4.69, 9.17) is 10.1 Å². The topological polar surface area (TPSA) is 51.0 Å². The van der Waals surface area contributed by atoms with Gasteiger partial charge >= 0.3 is 0 Å². The molecule has 2 aliphatic carbocycles. The predicted octanol–water partition coefficient (Wildman–Crippen LogP) is 3.12. The minimum atomic E-state index is 0.0761. The first kappa shape index (κ1) is 17.6. The first-order chi connectivity index (χ1) is 13.3. The van der Waals surface area contributed by atoms with Crippen LogP contribution in [-0.2, 0) is 38.8 Å². The number of aryl methyl sites for hydroxylation is 4. The van der Waals surface area contributed by atoms with Crippen LogP contribution < -0.4 is 5.56 Å². The fourth-order valence-electron chi connectivity index (χ4n) is 4.89. The van der Waals surface area contributed by atoms with Crippen molar-refractivity contribution in [3.63, 3.8) is 0 Å². The zero-order valence-electron chi connectivity index (χ0n) is 16.0. The molecule has 5 rings (SSSR count). The second-order valence-electron chi connectivity index (χ2n) is 8.29. The van der Waals surface area contributed by atoms with Crippen molar-refractivity contribution in [3.05, 3.63) is 43.3 Å². The van der Waals surface area contributed by atoms with E-state index < -0.39 is 0 Å². The van der Waals surface area contributed by atoms with Crippen molar-refractivity contribution in [2.24, 2.45) is 0 Å². The fourth-order valence-corrected chi connectivity index (χ4v) is 6.07. The van der Waals surface area contributed by atoms with E-state index >= 15 is 0 Å². The molecule has 6 heteroatoms. The third-order valence-electron chi connectivity index (χ3n) is 6.38. The summed E-state index contributed by atoms with van der Waals surface area (Å²) in [6, 6.07) is 2.24. The molecule has 0 aromatic carbocycles. The van der Waals surface area contributed by atoms with Crippen LogP contribution in [0.15, 0.2) is 10.9 Å². The Hall–Kier alpha value is -1.53. The first-order valence-electron chi connectivity index (χ1n) is 10.6. The summed E-state index contributed by atoms with van der Waals surface area (Å²) in [5.41, 5.74) is 3.76. The Labute approximate surface area is 164 Å². The lowest BCUT2D eigenvalue weighted by Gasteiger charge is -2.24. The monoisotopic (exact) mass is 384 g/mol. The van der Waals surface area contributed by atoms with Crippen molar-refractivity contribution >= 4 is 11.3 Å². The van der Waals surface area contributed by atoms with Crippen LogP contribution in [0.1, 0.15) is 65.4 Å². The molecule has 3 heterocycles. The molecular weight excluding hydrogens is 356 g/mol. The Kier molecular flexibility index (Phi) is 4.86. The standard InChI is InChI=1S/C21H28N4OS/c26-21-12-15-6-1-2-8-17(15)23-25(21)13-16-7-5-11-24(16)14-20-22-18-9-3-4-10-19(18)27-20/h12,16H,1-11,13-14H2. The van der Waals surface area contributed by atoms with Crippen LogP contribution in [0.2, 0.25) is 0 Å². The van der Waals surface area contributed by atoms with E-state index in [2.05, 4.69) is 4.90 Å². The Morgan fingerprint density at radius 1 is 1.04 bits per heavy atom. The molecule has 0 radical (unpaired) electrons. The molecule has 5 nitrogen and oxygen atoms in total. The lowest BCUT2D eigenvalue weighted by Crippen LogP contribution is -2.37. The number of thiazole rings is 1. The number of aromatic nitrogens is 3. The summed E-state index contributed by atoms with van der Waals surface area (Å²) in [7, 11) is 0. The largest absolute Gasteiger partial charge is 0.292 e. The summed E-state index contributed by atoms with van der Waals surface area (Å²) in [5, 5.41) is 6.00. The van der Waals surface area contributed by atoms with Gasteiger partial charge in [0.05, 0.1) is 24.5 Å². The van der Waals surface area contributed by atoms with Gasteiger partial charge in [-0.05, 0) is 76.3 Å². The highest BCUT2D eigenvalue weighted by Gasteiger charge is 2.27. The quantitative estimate of drug-likeness (QED) is 0.813. The molecule has 2 aromatic heterocycles. The summed E-state index contributed by atoms with van der Waals surface area (Å²) in [6.07, 6.45) is 11.7. The van der Waals surface area contributed by atoms with Gasteiger partial charge in [0.15, 0.2) is 0 Å². The van der Waals surface area contributed by atoms with E-state index in [0.29, 0.717) is 6.04 Å². The molecule has 1 saturated heterocycles. The van der Waals surface area contributed by atoms with Gasteiger partial charge in [0.1, 0.15) is 5.01 Å². The van der Waals surface area contributed by atoms with Crippen molar-refractivity contribution in [1.29, 1.82) is 0 Å². The van der Waals surface area contributed by atoms with E-state index in [1.165, 1.54) is 59.7 Å². The molecule has 1 unspecified atom stereocenters. The first-order valence-corrected chi connectivity index (χ1v) is 11.4. The third kappa shape index (κ3) is 3.61. The second kappa shape index (κ2) is 7.47. The number of hydrogen-bond donors (Lipinski definition) is 0. The molecule has 0 bridgehead atoms. The summed E-state index contributed by atoms with van der Waals surface area (Å²) >= 11 is 1.92. The molecule has 0 saturated carbocycles. The zero-order chi connectivity index (χ0) is 18.2. The Morgan fingerprint density at radius 3 is 2.74 bits per heavy atom. The summed E-state index contributed by atoms with van der Waals surface area (Å²) in [5.74, 6) is 0. The van der Waals surface area contributed by atoms with Gasteiger partial charge in [-0.25, -0.2) is 9.67 Å². The molecule has 1 fully saturated rings. The maximum absolute atomic E-state index is 12.5. The average molecular weight is 385 g/mol. The van der Waals surface area contributed by atoms with Crippen LogP contribution >= 0.6 is 11.3 Å². The predicted molar refractivity (Wildman–Crippen MR) is 107 cm³/mol. The van der Waals surface area contributed by atoms with Crippen LogP contribution in [-0.4, -0.2) is 32.3 Å². The van der Waals surface area contributed by atoms with Gasteiger partial charge in [0.25, 0.3) is 5.56 Å². The normalized spacial score (nSPS) is 22.6. The van der Waals surface area contributed by atoms with Gasteiger partial charge in [0.2, 0.25) is 0 Å². The highest BCUT2D eigenvalue weighted by molar-refractivity contribution is 7.11. The van der Waals surface area contributed by atoms with Gasteiger partial charge in [-0.2, -0.15) is 5.10 Å². The molecule has 144 valence electrons. The molecule has 27 heavy (non-hydrogen) atoms. The maximum Gasteiger partial charge on any atom is 0.267 e. The fraction of sp³-hybridized carbons (Fsp3) is 0.667. The van der Waals surface area contributed by atoms with Crippen LogP contribution in [0.5, 0.6) is 0 Å². The van der Waals surface area contributed by atoms with Gasteiger partial charge in [0, 0.05) is 17.0 Å². The second-order valence-corrected chi connectivity index (χ2v) is 9.46. The van der Waals surface area contributed by atoms with E-state index in [0.717, 1.165) is 51.0 Å². The molecule has 2 aromatic rings.